The highest BCUT2D eigenvalue weighted by Crippen LogP contribution is 2.12. The van der Waals surface area contributed by atoms with E-state index in [1.807, 2.05) is 51.1 Å². The van der Waals surface area contributed by atoms with Gasteiger partial charge in [0.1, 0.15) is 0 Å². The maximum Gasteiger partial charge on any atom is 0.216 e. The molecule has 0 aliphatic heterocycles. The van der Waals surface area contributed by atoms with Gasteiger partial charge in [0.15, 0.2) is 0 Å². The lowest BCUT2D eigenvalue weighted by molar-refractivity contribution is 0.580. The van der Waals surface area contributed by atoms with Gasteiger partial charge in [0.25, 0.3) is 0 Å². The van der Waals surface area contributed by atoms with Crippen LogP contribution >= 0.6 is 0 Å². The van der Waals surface area contributed by atoms with Gasteiger partial charge in [-0.1, -0.05) is 24.3 Å². The van der Waals surface area contributed by atoms with Crippen LogP contribution in [0.3, 0.4) is 0 Å². The van der Waals surface area contributed by atoms with Crippen LogP contribution < -0.4 is 4.72 Å². The van der Waals surface area contributed by atoms with Gasteiger partial charge in [-0.15, -0.1) is 0 Å². The third kappa shape index (κ3) is 3.71. The first-order valence-corrected chi connectivity index (χ1v) is 8.19. The fourth-order valence-corrected chi connectivity index (χ4v) is 3.39. The molecule has 0 aliphatic rings. The predicted molar refractivity (Wildman–Crippen MR) is 80.9 cm³/mol. The Balaban J connectivity index is 2.05. The summed E-state index contributed by atoms with van der Waals surface area (Å²) in [6, 6.07) is 9.50. The van der Waals surface area contributed by atoms with Gasteiger partial charge in [0, 0.05) is 17.9 Å². The molecule has 1 heterocycles. The second-order valence-electron chi connectivity index (χ2n) is 5.11. The minimum absolute atomic E-state index is 0.0160. The van der Waals surface area contributed by atoms with Crippen molar-refractivity contribution in [1.82, 2.24) is 9.71 Å². The van der Waals surface area contributed by atoms with E-state index >= 15 is 0 Å². The highest BCUT2D eigenvalue weighted by Gasteiger charge is 2.13. The van der Waals surface area contributed by atoms with Crippen LogP contribution in [0.25, 0.3) is 0 Å². The van der Waals surface area contributed by atoms with Crippen molar-refractivity contribution < 1.29 is 8.42 Å². The number of hydrogen-bond donors (Lipinski definition) is 2. The average molecular weight is 292 g/mol. The quantitative estimate of drug-likeness (QED) is 0.889. The number of aryl methyl sites for hydroxylation is 3. The molecule has 0 amide bonds. The van der Waals surface area contributed by atoms with Gasteiger partial charge < -0.3 is 4.98 Å². The summed E-state index contributed by atoms with van der Waals surface area (Å²) in [6.07, 6.45) is 0. The first-order valence-electron chi connectivity index (χ1n) is 6.54. The molecule has 2 rings (SSSR count). The Kier molecular flexibility index (Phi) is 4.30. The van der Waals surface area contributed by atoms with E-state index in [0.717, 1.165) is 28.1 Å². The van der Waals surface area contributed by atoms with Crippen molar-refractivity contribution in [2.24, 2.45) is 0 Å². The molecule has 1 aromatic carbocycles. The molecule has 0 atom stereocenters. The first kappa shape index (κ1) is 14.8. The van der Waals surface area contributed by atoms with Crippen molar-refractivity contribution in [1.29, 1.82) is 0 Å². The summed E-state index contributed by atoms with van der Waals surface area (Å²) in [7, 11) is -3.33. The molecule has 0 saturated carbocycles. The summed E-state index contributed by atoms with van der Waals surface area (Å²) in [5.74, 6) is 0.0160. The highest BCUT2D eigenvalue weighted by molar-refractivity contribution is 7.88. The Morgan fingerprint density at radius 2 is 1.80 bits per heavy atom. The van der Waals surface area contributed by atoms with Crippen LogP contribution in [-0.2, 0) is 22.3 Å². The van der Waals surface area contributed by atoms with Crippen LogP contribution in [0.15, 0.2) is 30.3 Å². The zero-order valence-electron chi connectivity index (χ0n) is 12.0. The summed E-state index contributed by atoms with van der Waals surface area (Å²) in [6.45, 7) is 6.14. The molecule has 0 fully saturated rings. The predicted octanol–water partition coefficient (Wildman–Crippen LogP) is 2.56. The van der Waals surface area contributed by atoms with Crippen LogP contribution in [0, 0.1) is 20.8 Å². The standard InChI is InChI=1S/C15H20N2O2S/c1-11-6-4-5-7-14(11)10-20(18,19)16-9-15-8-12(2)17-13(15)3/h4-8,16-17H,9-10H2,1-3H3. The average Bonchev–Trinajstić information content (AvgIpc) is 2.68. The van der Waals surface area contributed by atoms with Gasteiger partial charge in [-0.3, -0.25) is 0 Å². The number of nitrogens with one attached hydrogen (secondary N) is 2. The number of sulfonamides is 1. The van der Waals surface area contributed by atoms with Gasteiger partial charge in [0.05, 0.1) is 5.75 Å². The first-order chi connectivity index (χ1) is 9.37. The van der Waals surface area contributed by atoms with Crippen LogP contribution in [0.5, 0.6) is 0 Å². The molecule has 0 unspecified atom stereocenters. The fraction of sp³-hybridized carbons (Fsp3) is 0.333. The number of H-pyrrole nitrogens is 1. The van der Waals surface area contributed by atoms with Crippen LogP contribution in [0.2, 0.25) is 0 Å². The van der Waals surface area contributed by atoms with Gasteiger partial charge in [0.2, 0.25) is 10.0 Å². The van der Waals surface area contributed by atoms with Crippen molar-refractivity contribution in [2.75, 3.05) is 0 Å². The number of benzene rings is 1. The van der Waals surface area contributed by atoms with E-state index in [4.69, 9.17) is 0 Å². The molecular formula is C15H20N2O2S. The minimum Gasteiger partial charge on any atom is -0.362 e. The number of rotatable bonds is 5. The zero-order chi connectivity index (χ0) is 14.8. The second-order valence-corrected chi connectivity index (χ2v) is 6.92. The third-order valence-corrected chi connectivity index (χ3v) is 4.62. The molecule has 0 aliphatic carbocycles. The SMILES string of the molecule is Cc1cc(CNS(=O)(=O)Cc2ccccc2C)c(C)[nH]1. The van der Waals surface area contributed by atoms with Gasteiger partial charge in [-0.2, -0.15) is 0 Å². The molecular weight excluding hydrogens is 272 g/mol. The number of aromatic nitrogens is 1. The molecule has 0 spiro atoms. The minimum atomic E-state index is -3.33. The maximum absolute atomic E-state index is 12.1. The lowest BCUT2D eigenvalue weighted by Gasteiger charge is -2.08. The molecule has 4 nitrogen and oxygen atoms in total. The van der Waals surface area contributed by atoms with Crippen LogP contribution in [0.1, 0.15) is 28.1 Å². The van der Waals surface area contributed by atoms with E-state index in [-0.39, 0.29) is 5.75 Å². The molecule has 0 bridgehead atoms. The molecule has 5 heteroatoms. The Labute approximate surface area is 120 Å². The normalized spacial score (nSPS) is 11.8. The van der Waals surface area contributed by atoms with Gasteiger partial charge in [-0.25, -0.2) is 13.1 Å². The Morgan fingerprint density at radius 3 is 2.40 bits per heavy atom. The number of hydrogen-bond acceptors (Lipinski definition) is 2. The topological polar surface area (TPSA) is 62.0 Å². The lowest BCUT2D eigenvalue weighted by Crippen LogP contribution is -2.25. The molecule has 1 aromatic heterocycles. The Bertz CT molecular complexity index is 702. The molecule has 2 aromatic rings. The summed E-state index contributed by atoms with van der Waals surface area (Å²) in [4.78, 5) is 3.17. The van der Waals surface area contributed by atoms with Gasteiger partial charge in [-0.05, 0) is 43.5 Å². The van der Waals surface area contributed by atoms with E-state index in [2.05, 4.69) is 9.71 Å². The van der Waals surface area contributed by atoms with Crippen LogP contribution in [-0.4, -0.2) is 13.4 Å². The third-order valence-electron chi connectivity index (χ3n) is 3.35. The van der Waals surface area contributed by atoms with Crippen molar-refractivity contribution >= 4 is 10.0 Å². The number of aromatic amines is 1. The summed E-state index contributed by atoms with van der Waals surface area (Å²) >= 11 is 0. The molecule has 0 saturated heterocycles. The monoisotopic (exact) mass is 292 g/mol. The largest absolute Gasteiger partial charge is 0.362 e. The lowest BCUT2D eigenvalue weighted by atomic mass is 10.1. The van der Waals surface area contributed by atoms with Crippen LogP contribution in [0.4, 0.5) is 0 Å². The van der Waals surface area contributed by atoms with E-state index in [1.54, 1.807) is 0 Å². The molecule has 108 valence electrons. The Hall–Kier alpha value is -1.59. The highest BCUT2D eigenvalue weighted by atomic mass is 32.2. The summed E-state index contributed by atoms with van der Waals surface area (Å²) in [5.41, 5.74) is 4.85. The van der Waals surface area contributed by atoms with Crippen molar-refractivity contribution in [3.8, 4) is 0 Å². The van der Waals surface area contributed by atoms with E-state index < -0.39 is 10.0 Å². The van der Waals surface area contributed by atoms with Crippen molar-refractivity contribution in [3.05, 3.63) is 58.4 Å². The van der Waals surface area contributed by atoms with E-state index in [0.29, 0.717) is 6.54 Å². The van der Waals surface area contributed by atoms with Crippen molar-refractivity contribution in [2.45, 2.75) is 33.1 Å². The zero-order valence-corrected chi connectivity index (χ0v) is 12.8. The van der Waals surface area contributed by atoms with E-state index in [1.165, 1.54) is 0 Å². The smallest absolute Gasteiger partial charge is 0.216 e. The maximum atomic E-state index is 12.1. The molecule has 20 heavy (non-hydrogen) atoms. The molecule has 2 N–H and O–H groups in total. The van der Waals surface area contributed by atoms with Gasteiger partial charge >= 0.3 is 0 Å². The molecule has 0 radical (unpaired) electrons. The fourth-order valence-electron chi connectivity index (χ4n) is 2.18. The second kappa shape index (κ2) is 5.81. The van der Waals surface area contributed by atoms with Crippen molar-refractivity contribution in [3.63, 3.8) is 0 Å². The summed E-state index contributed by atoms with van der Waals surface area (Å²) in [5, 5.41) is 0. The van der Waals surface area contributed by atoms with E-state index in [9.17, 15) is 8.42 Å². The Morgan fingerprint density at radius 1 is 1.10 bits per heavy atom. The summed E-state index contributed by atoms with van der Waals surface area (Å²) < 4.78 is 26.9.